The van der Waals surface area contributed by atoms with E-state index in [0.29, 0.717) is 23.7 Å². The van der Waals surface area contributed by atoms with E-state index in [1.165, 1.54) is 5.57 Å². The molecule has 0 bridgehead atoms. The number of fused-ring (bicyclic) bond motifs is 5. The third kappa shape index (κ3) is 1.99. The number of hydrogen-bond donors (Lipinski definition) is 3. The first-order valence-corrected chi connectivity index (χ1v) is 9.60. The Balaban J connectivity index is 1.74. The maximum absolute atomic E-state index is 10.5. The van der Waals surface area contributed by atoms with Crippen LogP contribution in [0.3, 0.4) is 0 Å². The molecule has 8 atom stereocenters. The Morgan fingerprint density at radius 3 is 2.70 bits per heavy atom. The van der Waals surface area contributed by atoms with Gasteiger partial charge in [0.25, 0.3) is 0 Å². The second-order valence-electron chi connectivity index (χ2n) is 9.17. The highest BCUT2D eigenvalue weighted by Gasteiger charge is 2.61. The van der Waals surface area contributed by atoms with Crippen LogP contribution in [-0.4, -0.2) is 34.1 Å². The minimum atomic E-state index is -0.241. The van der Waals surface area contributed by atoms with Crippen LogP contribution in [0.25, 0.3) is 0 Å². The maximum Gasteiger partial charge on any atom is 0.0596 e. The molecular formula is C20H32O3. The summed E-state index contributed by atoms with van der Waals surface area (Å²) < 4.78 is 0. The highest BCUT2D eigenvalue weighted by molar-refractivity contribution is 5.28. The van der Waals surface area contributed by atoms with E-state index in [9.17, 15) is 15.3 Å². The first-order valence-electron chi connectivity index (χ1n) is 9.60. The van der Waals surface area contributed by atoms with Gasteiger partial charge in [0.05, 0.1) is 18.8 Å². The molecule has 0 aromatic heterocycles. The van der Waals surface area contributed by atoms with Crippen LogP contribution >= 0.6 is 0 Å². The zero-order chi connectivity index (χ0) is 16.4. The molecule has 0 radical (unpaired) electrons. The van der Waals surface area contributed by atoms with Crippen LogP contribution in [-0.2, 0) is 0 Å². The second kappa shape index (κ2) is 5.31. The molecule has 3 N–H and O–H groups in total. The van der Waals surface area contributed by atoms with Crippen LogP contribution in [0, 0.1) is 34.5 Å². The van der Waals surface area contributed by atoms with Crippen LogP contribution in [0.2, 0.25) is 0 Å². The van der Waals surface area contributed by atoms with E-state index in [-0.39, 0.29) is 29.6 Å². The molecule has 130 valence electrons. The lowest BCUT2D eigenvalue weighted by molar-refractivity contribution is -0.107. The van der Waals surface area contributed by atoms with Crippen molar-refractivity contribution in [3.8, 4) is 0 Å². The van der Waals surface area contributed by atoms with Crippen LogP contribution in [0.5, 0.6) is 0 Å². The number of rotatable bonds is 1. The monoisotopic (exact) mass is 320 g/mol. The molecular weight excluding hydrogens is 288 g/mol. The fraction of sp³-hybridized carbons (Fsp3) is 0.900. The maximum atomic E-state index is 10.5. The molecule has 0 spiro atoms. The molecule has 0 saturated heterocycles. The molecule has 3 nitrogen and oxygen atoms in total. The lowest BCUT2D eigenvalue weighted by Gasteiger charge is -2.60. The lowest BCUT2D eigenvalue weighted by Crippen LogP contribution is -2.56. The summed E-state index contributed by atoms with van der Waals surface area (Å²) in [4.78, 5) is 0. The molecule has 3 saturated carbocycles. The highest BCUT2D eigenvalue weighted by Crippen LogP contribution is 2.65. The van der Waals surface area contributed by atoms with Crippen LogP contribution in [0.1, 0.15) is 58.8 Å². The molecule has 0 amide bonds. The first kappa shape index (κ1) is 16.1. The van der Waals surface area contributed by atoms with Gasteiger partial charge in [-0.15, -0.1) is 0 Å². The van der Waals surface area contributed by atoms with Gasteiger partial charge >= 0.3 is 0 Å². The predicted molar refractivity (Wildman–Crippen MR) is 89.7 cm³/mol. The topological polar surface area (TPSA) is 60.7 Å². The third-order valence-corrected chi connectivity index (χ3v) is 8.51. The van der Waals surface area contributed by atoms with Crippen LogP contribution < -0.4 is 0 Å². The smallest absolute Gasteiger partial charge is 0.0596 e. The van der Waals surface area contributed by atoms with Crippen molar-refractivity contribution in [1.82, 2.24) is 0 Å². The molecule has 0 aliphatic heterocycles. The quantitative estimate of drug-likeness (QED) is 0.651. The molecule has 3 unspecified atom stereocenters. The van der Waals surface area contributed by atoms with Gasteiger partial charge in [-0.1, -0.05) is 25.5 Å². The summed E-state index contributed by atoms with van der Waals surface area (Å²) in [5.74, 6) is 2.06. The molecule has 3 fully saturated rings. The van der Waals surface area contributed by atoms with Crippen molar-refractivity contribution in [2.24, 2.45) is 34.5 Å². The molecule has 3 heteroatoms. The standard InChI is InChI=1S/C20H32O3/c1-12-9-14(22)10-13-3-4-15-16-5-6-18(23)19(16,2)8-7-17(15)20(12,13)11-21/h3,12,14-18,21-23H,4-11H2,1-2H3/t12?,14?,15-,16-,17+,18?,19-,20-/m0/s1. The van der Waals surface area contributed by atoms with E-state index >= 15 is 0 Å². The van der Waals surface area contributed by atoms with Gasteiger partial charge in [-0.25, -0.2) is 0 Å². The molecule has 0 aromatic rings. The van der Waals surface area contributed by atoms with E-state index < -0.39 is 0 Å². The molecule has 4 aliphatic rings. The summed E-state index contributed by atoms with van der Waals surface area (Å²) in [5.41, 5.74) is 1.30. The van der Waals surface area contributed by atoms with E-state index in [4.69, 9.17) is 0 Å². The van der Waals surface area contributed by atoms with E-state index in [0.717, 1.165) is 44.9 Å². The van der Waals surface area contributed by atoms with Gasteiger partial charge in [-0.05, 0) is 74.0 Å². The summed E-state index contributed by atoms with van der Waals surface area (Å²) in [5, 5.41) is 31.2. The average Bonchev–Trinajstić information content (AvgIpc) is 2.82. The van der Waals surface area contributed by atoms with Crippen molar-refractivity contribution in [3.05, 3.63) is 11.6 Å². The minimum Gasteiger partial charge on any atom is -0.395 e. The van der Waals surface area contributed by atoms with Gasteiger partial charge in [0.2, 0.25) is 0 Å². The Morgan fingerprint density at radius 2 is 1.96 bits per heavy atom. The summed E-state index contributed by atoms with van der Waals surface area (Å²) in [6.07, 6.45) is 8.90. The Morgan fingerprint density at radius 1 is 1.17 bits per heavy atom. The highest BCUT2D eigenvalue weighted by atomic mass is 16.3. The summed E-state index contributed by atoms with van der Waals surface area (Å²) >= 11 is 0. The fourth-order valence-corrected chi connectivity index (χ4v) is 7.22. The summed E-state index contributed by atoms with van der Waals surface area (Å²) in [6.45, 7) is 4.75. The van der Waals surface area contributed by atoms with Crippen molar-refractivity contribution in [2.75, 3.05) is 6.61 Å². The van der Waals surface area contributed by atoms with E-state index in [1.807, 2.05) is 0 Å². The Hall–Kier alpha value is -0.380. The van der Waals surface area contributed by atoms with Gasteiger partial charge in [-0.2, -0.15) is 0 Å². The van der Waals surface area contributed by atoms with Crippen molar-refractivity contribution >= 4 is 0 Å². The average molecular weight is 320 g/mol. The van der Waals surface area contributed by atoms with Crippen molar-refractivity contribution < 1.29 is 15.3 Å². The van der Waals surface area contributed by atoms with Gasteiger partial charge < -0.3 is 15.3 Å². The third-order valence-electron chi connectivity index (χ3n) is 8.51. The van der Waals surface area contributed by atoms with Crippen molar-refractivity contribution in [3.63, 3.8) is 0 Å². The number of aliphatic hydroxyl groups is 3. The van der Waals surface area contributed by atoms with Gasteiger partial charge in [0.15, 0.2) is 0 Å². The normalized spacial score (nSPS) is 55.6. The summed E-state index contributed by atoms with van der Waals surface area (Å²) in [7, 11) is 0. The molecule has 4 aliphatic carbocycles. The Kier molecular flexibility index (Phi) is 3.72. The molecule has 0 heterocycles. The zero-order valence-corrected chi connectivity index (χ0v) is 14.5. The molecule has 23 heavy (non-hydrogen) atoms. The van der Waals surface area contributed by atoms with Gasteiger partial charge in [0.1, 0.15) is 0 Å². The Bertz CT molecular complexity index is 515. The van der Waals surface area contributed by atoms with E-state index in [1.54, 1.807) is 0 Å². The SMILES string of the molecule is CC1CC(O)CC2=CC[C@@H]3[C@@H](CC[C@]4(C)C(O)CC[C@@H]34)[C@]21CO. The second-order valence-corrected chi connectivity index (χ2v) is 9.17. The van der Waals surface area contributed by atoms with Crippen LogP contribution in [0.4, 0.5) is 0 Å². The molecule has 4 rings (SSSR count). The lowest BCUT2D eigenvalue weighted by atomic mass is 9.45. The molecule has 0 aromatic carbocycles. The fourth-order valence-electron chi connectivity index (χ4n) is 7.22. The predicted octanol–water partition coefficient (Wildman–Crippen LogP) is 2.89. The van der Waals surface area contributed by atoms with Crippen molar-refractivity contribution in [2.45, 2.75) is 71.0 Å². The number of allylic oxidation sites excluding steroid dienone is 1. The number of aliphatic hydroxyl groups excluding tert-OH is 3. The minimum absolute atomic E-state index is 0.0839. The zero-order valence-electron chi connectivity index (χ0n) is 14.5. The van der Waals surface area contributed by atoms with E-state index in [2.05, 4.69) is 19.9 Å². The summed E-state index contributed by atoms with van der Waals surface area (Å²) in [6, 6.07) is 0. The Labute approximate surface area is 139 Å². The first-order chi connectivity index (χ1) is 10.9. The van der Waals surface area contributed by atoms with Crippen molar-refractivity contribution in [1.29, 1.82) is 0 Å². The van der Waals surface area contributed by atoms with Gasteiger partial charge in [0, 0.05) is 5.41 Å². The number of hydrogen-bond acceptors (Lipinski definition) is 3. The van der Waals surface area contributed by atoms with Crippen LogP contribution in [0.15, 0.2) is 11.6 Å². The van der Waals surface area contributed by atoms with Gasteiger partial charge in [-0.3, -0.25) is 0 Å². The largest absolute Gasteiger partial charge is 0.395 e.